The standard InChI is InChI=1S/C19H27FN2O3/c1-5-6-9-24-18(23)17(13-25-19(2,3)4)22-12-15-8-7-14(11-21)10-16(15)20/h7-8,10,17,22H,5-6,9,12-13H2,1-4H3. The number of esters is 1. The molecule has 0 spiro atoms. The van der Waals surface area contributed by atoms with Gasteiger partial charge in [0.15, 0.2) is 0 Å². The summed E-state index contributed by atoms with van der Waals surface area (Å²) in [7, 11) is 0. The number of ether oxygens (including phenoxy) is 2. The van der Waals surface area contributed by atoms with E-state index in [2.05, 4.69) is 5.32 Å². The lowest BCUT2D eigenvalue weighted by molar-refractivity contribution is -0.149. The van der Waals surface area contributed by atoms with Gasteiger partial charge in [-0.15, -0.1) is 0 Å². The Morgan fingerprint density at radius 2 is 2.12 bits per heavy atom. The number of hydrogen-bond donors (Lipinski definition) is 1. The topological polar surface area (TPSA) is 71.3 Å². The van der Waals surface area contributed by atoms with E-state index in [9.17, 15) is 9.18 Å². The van der Waals surface area contributed by atoms with Crippen molar-refractivity contribution in [2.45, 2.75) is 58.7 Å². The summed E-state index contributed by atoms with van der Waals surface area (Å²) in [6.07, 6.45) is 1.73. The molecule has 138 valence electrons. The van der Waals surface area contributed by atoms with Crippen LogP contribution in [0.4, 0.5) is 4.39 Å². The van der Waals surface area contributed by atoms with E-state index in [4.69, 9.17) is 14.7 Å². The minimum absolute atomic E-state index is 0.131. The first-order valence-electron chi connectivity index (χ1n) is 8.49. The zero-order valence-electron chi connectivity index (χ0n) is 15.4. The van der Waals surface area contributed by atoms with Crippen molar-refractivity contribution in [1.29, 1.82) is 5.26 Å². The van der Waals surface area contributed by atoms with Gasteiger partial charge in [0, 0.05) is 12.1 Å². The Morgan fingerprint density at radius 3 is 2.68 bits per heavy atom. The number of carbonyl (C=O) groups excluding carboxylic acids is 1. The molecule has 1 N–H and O–H groups in total. The summed E-state index contributed by atoms with van der Waals surface area (Å²) in [6, 6.07) is 5.45. The van der Waals surface area contributed by atoms with E-state index < -0.39 is 23.4 Å². The van der Waals surface area contributed by atoms with Gasteiger partial charge in [-0.2, -0.15) is 5.26 Å². The third kappa shape index (κ3) is 8.10. The number of rotatable bonds is 9. The van der Waals surface area contributed by atoms with Gasteiger partial charge >= 0.3 is 5.97 Å². The van der Waals surface area contributed by atoms with Crippen LogP contribution in [0, 0.1) is 17.1 Å². The summed E-state index contributed by atoms with van der Waals surface area (Å²) in [5, 5.41) is 11.8. The van der Waals surface area contributed by atoms with Gasteiger partial charge in [0.1, 0.15) is 11.9 Å². The maximum Gasteiger partial charge on any atom is 0.325 e. The second kappa shape index (κ2) is 10.1. The minimum Gasteiger partial charge on any atom is -0.464 e. The summed E-state index contributed by atoms with van der Waals surface area (Å²) in [5.74, 6) is -0.895. The first-order valence-corrected chi connectivity index (χ1v) is 8.49. The van der Waals surface area contributed by atoms with Crippen molar-refractivity contribution >= 4 is 5.97 Å². The first kappa shape index (κ1) is 21.1. The molecule has 0 fully saturated rings. The Kier molecular flexibility index (Phi) is 8.53. The van der Waals surface area contributed by atoms with Gasteiger partial charge in [-0.1, -0.05) is 19.4 Å². The second-order valence-corrected chi connectivity index (χ2v) is 6.80. The van der Waals surface area contributed by atoms with Gasteiger partial charge in [-0.3, -0.25) is 10.1 Å². The number of carbonyl (C=O) groups is 1. The van der Waals surface area contributed by atoms with Crippen LogP contribution in [-0.2, 0) is 20.8 Å². The largest absolute Gasteiger partial charge is 0.464 e. The monoisotopic (exact) mass is 350 g/mol. The molecule has 0 aliphatic carbocycles. The van der Waals surface area contributed by atoms with E-state index in [0.29, 0.717) is 12.2 Å². The number of nitrogens with zero attached hydrogens (tertiary/aromatic N) is 1. The molecule has 0 heterocycles. The fraction of sp³-hybridized carbons (Fsp3) is 0.579. The summed E-state index contributed by atoms with van der Waals surface area (Å²) in [4.78, 5) is 12.2. The molecular formula is C19H27FN2O3. The van der Waals surface area contributed by atoms with Gasteiger partial charge in [0.2, 0.25) is 0 Å². The molecule has 0 amide bonds. The Bertz CT molecular complexity index is 606. The summed E-state index contributed by atoms with van der Waals surface area (Å²) in [5.41, 5.74) is 0.234. The van der Waals surface area contributed by atoms with E-state index >= 15 is 0 Å². The lowest BCUT2D eigenvalue weighted by atomic mass is 10.1. The van der Waals surface area contributed by atoms with E-state index in [1.807, 2.05) is 33.8 Å². The molecule has 0 saturated heterocycles. The summed E-state index contributed by atoms with van der Waals surface area (Å²) in [6.45, 7) is 8.32. The molecule has 6 heteroatoms. The SMILES string of the molecule is CCCCOC(=O)C(COC(C)(C)C)NCc1ccc(C#N)cc1F. The fourth-order valence-electron chi connectivity index (χ4n) is 1.95. The molecule has 1 aromatic rings. The molecule has 0 bridgehead atoms. The Morgan fingerprint density at radius 1 is 1.40 bits per heavy atom. The van der Waals surface area contributed by atoms with Gasteiger partial charge in [-0.25, -0.2) is 4.39 Å². The Hall–Kier alpha value is -1.97. The number of hydrogen-bond acceptors (Lipinski definition) is 5. The maximum absolute atomic E-state index is 14.0. The van der Waals surface area contributed by atoms with Crippen LogP contribution in [0.3, 0.4) is 0 Å². The first-order chi connectivity index (χ1) is 11.8. The molecule has 0 aliphatic heterocycles. The van der Waals surface area contributed by atoms with Crippen LogP contribution in [0.1, 0.15) is 51.7 Å². The zero-order valence-corrected chi connectivity index (χ0v) is 15.4. The van der Waals surface area contributed by atoms with Crippen molar-refractivity contribution in [3.05, 3.63) is 35.1 Å². The van der Waals surface area contributed by atoms with Crippen molar-refractivity contribution in [2.24, 2.45) is 0 Å². The van der Waals surface area contributed by atoms with Crippen molar-refractivity contribution in [2.75, 3.05) is 13.2 Å². The van der Waals surface area contributed by atoms with Gasteiger partial charge in [0.25, 0.3) is 0 Å². The highest BCUT2D eigenvalue weighted by atomic mass is 19.1. The van der Waals surface area contributed by atoms with E-state index in [1.54, 1.807) is 6.07 Å². The van der Waals surface area contributed by atoms with Crippen LogP contribution in [0.2, 0.25) is 0 Å². The number of nitrogens with one attached hydrogen (secondary N) is 1. The Labute approximate surface area is 149 Å². The predicted molar refractivity (Wildman–Crippen MR) is 93.3 cm³/mol. The average Bonchev–Trinajstić information content (AvgIpc) is 2.55. The van der Waals surface area contributed by atoms with E-state index in [1.165, 1.54) is 12.1 Å². The normalized spacial score (nSPS) is 12.5. The van der Waals surface area contributed by atoms with E-state index in [-0.39, 0.29) is 18.7 Å². The number of benzene rings is 1. The zero-order chi connectivity index (χ0) is 18.9. The second-order valence-electron chi connectivity index (χ2n) is 6.80. The molecule has 1 unspecified atom stereocenters. The molecule has 25 heavy (non-hydrogen) atoms. The van der Waals surface area contributed by atoms with Crippen LogP contribution >= 0.6 is 0 Å². The number of halogens is 1. The van der Waals surface area contributed by atoms with Crippen molar-refractivity contribution in [1.82, 2.24) is 5.32 Å². The lowest BCUT2D eigenvalue weighted by Gasteiger charge is -2.24. The van der Waals surface area contributed by atoms with E-state index in [0.717, 1.165) is 12.8 Å². The van der Waals surface area contributed by atoms with Crippen molar-refractivity contribution in [3.63, 3.8) is 0 Å². The third-order valence-electron chi connectivity index (χ3n) is 3.43. The van der Waals surface area contributed by atoms with Crippen molar-refractivity contribution in [3.8, 4) is 6.07 Å². The van der Waals surface area contributed by atoms with Crippen LogP contribution in [0.5, 0.6) is 0 Å². The van der Waals surface area contributed by atoms with Crippen molar-refractivity contribution < 1.29 is 18.7 Å². The highest BCUT2D eigenvalue weighted by molar-refractivity contribution is 5.76. The molecule has 0 radical (unpaired) electrons. The molecule has 1 rings (SSSR count). The predicted octanol–water partition coefficient (Wildman–Crippen LogP) is 3.31. The molecular weight excluding hydrogens is 323 g/mol. The van der Waals surface area contributed by atoms with Gasteiger partial charge in [0.05, 0.1) is 30.4 Å². The summed E-state index contributed by atoms with van der Waals surface area (Å²) >= 11 is 0. The number of unbranched alkanes of at least 4 members (excludes halogenated alkanes) is 1. The molecule has 0 aliphatic rings. The molecule has 0 saturated carbocycles. The summed E-state index contributed by atoms with van der Waals surface area (Å²) < 4.78 is 24.9. The highest BCUT2D eigenvalue weighted by Crippen LogP contribution is 2.12. The fourth-order valence-corrected chi connectivity index (χ4v) is 1.95. The average molecular weight is 350 g/mol. The highest BCUT2D eigenvalue weighted by Gasteiger charge is 2.23. The van der Waals surface area contributed by atoms with Crippen LogP contribution in [-0.4, -0.2) is 30.8 Å². The lowest BCUT2D eigenvalue weighted by Crippen LogP contribution is -2.43. The van der Waals surface area contributed by atoms with Gasteiger partial charge in [-0.05, 0) is 39.3 Å². The molecule has 1 aromatic carbocycles. The maximum atomic E-state index is 14.0. The molecule has 5 nitrogen and oxygen atoms in total. The third-order valence-corrected chi connectivity index (χ3v) is 3.43. The molecule has 1 atom stereocenters. The Balaban J connectivity index is 2.71. The van der Waals surface area contributed by atoms with Crippen LogP contribution < -0.4 is 5.32 Å². The number of nitriles is 1. The van der Waals surface area contributed by atoms with Crippen LogP contribution in [0.15, 0.2) is 18.2 Å². The quantitative estimate of drug-likeness (QED) is 0.546. The van der Waals surface area contributed by atoms with Crippen LogP contribution in [0.25, 0.3) is 0 Å². The van der Waals surface area contributed by atoms with Gasteiger partial charge < -0.3 is 9.47 Å². The molecule has 0 aromatic heterocycles. The smallest absolute Gasteiger partial charge is 0.325 e. The minimum atomic E-state index is -0.689.